The van der Waals surface area contributed by atoms with Crippen LogP contribution in [-0.4, -0.2) is 66.9 Å². The van der Waals surface area contributed by atoms with Gasteiger partial charge in [-0.3, -0.25) is 19.8 Å². The van der Waals surface area contributed by atoms with Crippen molar-refractivity contribution < 1.29 is 28.5 Å². The fourth-order valence-corrected chi connectivity index (χ4v) is 6.76. The zero-order valence-corrected chi connectivity index (χ0v) is 28.2. The van der Waals surface area contributed by atoms with E-state index in [4.69, 9.17) is 42.1 Å². The lowest BCUT2D eigenvalue weighted by Gasteiger charge is -2.44. The summed E-state index contributed by atoms with van der Waals surface area (Å²) in [6, 6.07) is 15.8. The third kappa shape index (κ3) is 7.67. The maximum absolute atomic E-state index is 13.6. The van der Waals surface area contributed by atoms with E-state index >= 15 is 0 Å². The molecule has 12 heteroatoms. The fourth-order valence-electron chi connectivity index (χ4n) is 6.24. The minimum Gasteiger partial charge on any atom is -0.493 e. The maximum atomic E-state index is 13.6. The number of esters is 1. The molecular weight excluding hydrogens is 655 g/mol. The minimum atomic E-state index is -0.767. The van der Waals surface area contributed by atoms with E-state index in [-0.39, 0.29) is 19.1 Å². The molecule has 3 aliphatic heterocycles. The number of carbonyl (C=O) groups excluding carboxylic acids is 2. The summed E-state index contributed by atoms with van der Waals surface area (Å²) in [4.78, 5) is 39.3. The summed E-state index contributed by atoms with van der Waals surface area (Å²) in [5.74, 6) is 0.856. The van der Waals surface area contributed by atoms with E-state index in [2.05, 4.69) is 14.9 Å². The molecule has 7 rings (SSSR count). The first-order valence-electron chi connectivity index (χ1n) is 15.7. The SMILES string of the molecule is COc1ccc([C@H](Cc2c(Cl)cncc2Cl)OC(=O)c2ccc(CN(C(=O)O[C@H]3CN4CCC3CC4)c3cccnc3)cc2)cc1OC. The van der Waals surface area contributed by atoms with Crippen LogP contribution in [0.5, 0.6) is 11.5 Å². The normalized spacial score (nSPS) is 18.9. The van der Waals surface area contributed by atoms with Gasteiger partial charge in [-0.15, -0.1) is 0 Å². The van der Waals surface area contributed by atoms with Crippen LogP contribution in [0, 0.1) is 5.92 Å². The van der Waals surface area contributed by atoms with Crippen molar-refractivity contribution in [3.05, 3.63) is 112 Å². The molecule has 4 aromatic rings. The molecule has 3 saturated heterocycles. The Bertz CT molecular complexity index is 1710. The minimum absolute atomic E-state index is 0.133. The van der Waals surface area contributed by atoms with Gasteiger partial charge in [0, 0.05) is 31.6 Å². The van der Waals surface area contributed by atoms with Crippen molar-refractivity contribution in [1.82, 2.24) is 14.9 Å². The molecule has 250 valence electrons. The average Bonchev–Trinajstić information content (AvgIpc) is 3.12. The number of benzene rings is 2. The summed E-state index contributed by atoms with van der Waals surface area (Å²) >= 11 is 12.9. The van der Waals surface area contributed by atoms with Crippen molar-refractivity contribution in [2.24, 2.45) is 5.92 Å². The van der Waals surface area contributed by atoms with Gasteiger partial charge in [-0.25, -0.2) is 9.59 Å². The molecule has 2 atom stereocenters. The maximum Gasteiger partial charge on any atom is 0.414 e. The number of ether oxygens (including phenoxy) is 4. The number of aromatic nitrogens is 2. The number of hydrogen-bond acceptors (Lipinski definition) is 9. The largest absolute Gasteiger partial charge is 0.493 e. The molecule has 0 aliphatic carbocycles. The second-order valence-corrected chi connectivity index (χ2v) is 12.7. The highest BCUT2D eigenvalue weighted by Crippen LogP contribution is 2.36. The number of halogens is 2. The Morgan fingerprint density at radius 2 is 1.67 bits per heavy atom. The Hall–Kier alpha value is -4.38. The molecule has 2 aromatic carbocycles. The number of fused-ring (bicyclic) bond motifs is 3. The van der Waals surface area contributed by atoms with E-state index < -0.39 is 18.2 Å². The van der Waals surface area contributed by atoms with Gasteiger partial charge in [0.15, 0.2) is 11.5 Å². The molecule has 1 amide bonds. The Labute approximate surface area is 289 Å². The van der Waals surface area contributed by atoms with Gasteiger partial charge in [0.1, 0.15) is 12.2 Å². The van der Waals surface area contributed by atoms with E-state index in [1.807, 2.05) is 6.07 Å². The highest BCUT2D eigenvalue weighted by atomic mass is 35.5. The van der Waals surface area contributed by atoms with Crippen molar-refractivity contribution in [2.75, 3.05) is 38.8 Å². The average molecular weight is 692 g/mol. The van der Waals surface area contributed by atoms with Crippen molar-refractivity contribution in [3.8, 4) is 11.5 Å². The summed E-state index contributed by atoms with van der Waals surface area (Å²) < 4.78 is 23.0. The molecule has 0 unspecified atom stereocenters. The first-order valence-corrected chi connectivity index (χ1v) is 16.5. The monoisotopic (exact) mass is 690 g/mol. The molecule has 0 spiro atoms. The zero-order valence-electron chi connectivity index (χ0n) is 26.7. The predicted octanol–water partition coefficient (Wildman–Crippen LogP) is 7.18. The number of piperidine rings is 3. The summed E-state index contributed by atoms with van der Waals surface area (Å²) in [6.07, 6.45) is 7.25. The molecule has 0 radical (unpaired) electrons. The van der Waals surface area contributed by atoms with Crippen molar-refractivity contribution in [1.29, 1.82) is 0 Å². The van der Waals surface area contributed by atoms with Gasteiger partial charge in [-0.1, -0.05) is 41.4 Å². The van der Waals surface area contributed by atoms with Crippen LogP contribution in [-0.2, 0) is 22.4 Å². The van der Waals surface area contributed by atoms with Crippen LogP contribution in [0.15, 0.2) is 79.4 Å². The van der Waals surface area contributed by atoms with E-state index in [0.717, 1.165) is 38.0 Å². The van der Waals surface area contributed by atoms with Crippen molar-refractivity contribution >= 4 is 41.0 Å². The lowest BCUT2D eigenvalue weighted by atomic mass is 9.86. The summed E-state index contributed by atoms with van der Waals surface area (Å²) in [5.41, 5.74) is 3.01. The van der Waals surface area contributed by atoms with Crippen LogP contribution in [0.4, 0.5) is 10.5 Å². The summed E-state index contributed by atoms with van der Waals surface area (Å²) in [7, 11) is 3.08. The van der Waals surface area contributed by atoms with Crippen LogP contribution in [0.3, 0.4) is 0 Å². The van der Waals surface area contributed by atoms with Gasteiger partial charge in [-0.2, -0.15) is 0 Å². The fraction of sp³-hybridized carbons (Fsp3) is 0.333. The smallest absolute Gasteiger partial charge is 0.414 e. The summed E-state index contributed by atoms with van der Waals surface area (Å²) in [5, 5.41) is 0.720. The van der Waals surface area contributed by atoms with Gasteiger partial charge in [0.25, 0.3) is 0 Å². The summed E-state index contributed by atoms with van der Waals surface area (Å²) in [6.45, 7) is 3.10. The molecule has 3 fully saturated rings. The number of nitrogens with zero attached hydrogens (tertiary/aromatic N) is 4. The Morgan fingerprint density at radius 3 is 2.29 bits per heavy atom. The van der Waals surface area contributed by atoms with Crippen LogP contribution in [0.25, 0.3) is 0 Å². The second-order valence-electron chi connectivity index (χ2n) is 11.8. The van der Waals surface area contributed by atoms with Crippen LogP contribution < -0.4 is 14.4 Å². The molecule has 0 N–H and O–H groups in total. The van der Waals surface area contributed by atoms with Crippen molar-refractivity contribution in [3.63, 3.8) is 0 Å². The van der Waals surface area contributed by atoms with Crippen molar-refractivity contribution in [2.45, 2.75) is 38.0 Å². The number of hydrogen-bond donors (Lipinski definition) is 0. The molecule has 2 bridgehead atoms. The lowest BCUT2D eigenvalue weighted by Crippen LogP contribution is -2.53. The second kappa shape index (κ2) is 15.2. The number of pyridine rings is 2. The third-order valence-corrected chi connectivity index (χ3v) is 9.58. The van der Waals surface area contributed by atoms with Crippen LogP contribution in [0.1, 0.15) is 46.0 Å². The molecule has 10 nitrogen and oxygen atoms in total. The molecule has 2 aromatic heterocycles. The number of carbonyl (C=O) groups is 2. The highest BCUT2D eigenvalue weighted by molar-refractivity contribution is 6.35. The molecule has 0 saturated carbocycles. The van der Waals surface area contributed by atoms with Crippen LogP contribution >= 0.6 is 23.2 Å². The number of rotatable bonds is 11. The van der Waals surface area contributed by atoms with E-state index in [9.17, 15) is 9.59 Å². The molecular formula is C36H36Cl2N4O6. The zero-order chi connectivity index (χ0) is 33.6. The Kier molecular flexibility index (Phi) is 10.6. The Morgan fingerprint density at radius 1 is 0.938 bits per heavy atom. The van der Waals surface area contributed by atoms with Gasteiger partial charge >= 0.3 is 12.1 Å². The standard InChI is InChI=1S/C36H36Cl2N4O6/c1-45-31-10-9-26(16-33(31)46-2)32(17-28-29(37)19-40-20-30(28)38)47-35(43)25-7-5-23(6-8-25)21-42(27-4-3-13-39-18-27)36(44)48-34-22-41-14-11-24(34)12-15-41/h3-10,13,16,18-20,24,32,34H,11-12,14-15,17,21-22H2,1-2H3/t32-,34-/m0/s1. The van der Waals surface area contributed by atoms with Crippen LogP contribution in [0.2, 0.25) is 10.0 Å². The molecule has 3 aliphatic rings. The number of amides is 1. The number of anilines is 1. The number of methoxy groups -OCH3 is 2. The lowest BCUT2D eigenvalue weighted by molar-refractivity contribution is -0.0311. The molecule has 48 heavy (non-hydrogen) atoms. The first kappa shape index (κ1) is 33.5. The van der Waals surface area contributed by atoms with E-state index in [1.165, 1.54) is 19.5 Å². The quantitative estimate of drug-likeness (QED) is 0.151. The van der Waals surface area contributed by atoms with Gasteiger partial charge in [0.2, 0.25) is 0 Å². The van der Waals surface area contributed by atoms with Gasteiger partial charge in [0.05, 0.1) is 48.3 Å². The van der Waals surface area contributed by atoms with Gasteiger partial charge < -0.3 is 18.9 Å². The van der Waals surface area contributed by atoms with E-state index in [0.29, 0.717) is 49.8 Å². The van der Waals surface area contributed by atoms with E-state index in [1.54, 1.807) is 72.9 Å². The Balaban J connectivity index is 1.20. The topological polar surface area (TPSA) is 103 Å². The predicted molar refractivity (Wildman–Crippen MR) is 182 cm³/mol. The first-order chi connectivity index (χ1) is 23.3. The van der Waals surface area contributed by atoms with Gasteiger partial charge in [-0.05, 0) is 84.9 Å². The third-order valence-electron chi connectivity index (χ3n) is 8.93. The highest BCUT2D eigenvalue weighted by Gasteiger charge is 2.37. The molecule has 5 heterocycles.